The van der Waals surface area contributed by atoms with E-state index in [2.05, 4.69) is 190 Å². The summed E-state index contributed by atoms with van der Waals surface area (Å²) in [7, 11) is 0. The van der Waals surface area contributed by atoms with Gasteiger partial charge < -0.3 is 13.7 Å². The van der Waals surface area contributed by atoms with Gasteiger partial charge in [-0.25, -0.2) is 0 Å². The topological polar surface area (TPSA) is 14.8 Å². The van der Waals surface area contributed by atoms with E-state index in [9.17, 15) is 0 Å². The molecule has 0 saturated carbocycles. The van der Waals surface area contributed by atoms with E-state index in [4.69, 9.17) is 0 Å². The molecule has 0 bridgehead atoms. The fourth-order valence-electron chi connectivity index (χ4n) is 8.85. The number of hydrogen-bond acceptors (Lipinski definition) is 1. The van der Waals surface area contributed by atoms with Gasteiger partial charge in [0.05, 0.1) is 38.8 Å². The minimum absolute atomic E-state index is 1.16. The molecule has 0 radical (unpaired) electrons. The summed E-state index contributed by atoms with van der Waals surface area (Å²) in [6, 6.07) is 64.5. The number of nitrogens with zero attached hydrogens (tertiary/aromatic N) is 3. The molecule has 0 amide bonds. The molecule has 11 aromatic rings. The van der Waals surface area contributed by atoms with Crippen molar-refractivity contribution in [1.82, 2.24) is 13.7 Å². The fourth-order valence-corrected chi connectivity index (χ4v) is 9.95. The Balaban J connectivity index is 1.20. The van der Waals surface area contributed by atoms with Crippen LogP contribution in [-0.2, 0) is 0 Å². The SMILES string of the molecule is c1ccc(-c2ccc3c(c2)c2cc(-n4c5ccccc5c5c6c7ccccc7n7c6c(cc54)Sc4ccccc4-7)ccc2n3-c2ccccc2)cc1. The van der Waals surface area contributed by atoms with Crippen molar-refractivity contribution in [2.75, 3.05) is 0 Å². The highest BCUT2D eigenvalue weighted by Crippen LogP contribution is 2.51. The smallest absolute Gasteiger partial charge is 0.0688 e. The van der Waals surface area contributed by atoms with Crippen LogP contribution < -0.4 is 0 Å². The van der Waals surface area contributed by atoms with Crippen molar-refractivity contribution in [3.05, 3.63) is 176 Å². The maximum Gasteiger partial charge on any atom is 0.0688 e. The molecule has 0 aliphatic carbocycles. The van der Waals surface area contributed by atoms with E-state index in [0.717, 1.165) is 11.4 Å². The van der Waals surface area contributed by atoms with E-state index >= 15 is 0 Å². The van der Waals surface area contributed by atoms with Gasteiger partial charge in [0.15, 0.2) is 0 Å². The van der Waals surface area contributed by atoms with Gasteiger partial charge in [-0.3, -0.25) is 0 Å². The van der Waals surface area contributed by atoms with Gasteiger partial charge in [-0.2, -0.15) is 0 Å². The first kappa shape index (κ1) is 28.2. The van der Waals surface area contributed by atoms with Crippen molar-refractivity contribution >= 4 is 77.2 Å². The number of para-hydroxylation sites is 4. The molecule has 0 unspecified atom stereocenters. The maximum atomic E-state index is 2.50. The Hall–Kier alpha value is -6.49. The highest BCUT2D eigenvalue weighted by molar-refractivity contribution is 7.99. The monoisotopic (exact) mass is 679 g/mol. The molecule has 1 aliphatic rings. The van der Waals surface area contributed by atoms with Gasteiger partial charge in [0.2, 0.25) is 0 Å². The molecule has 4 heterocycles. The normalized spacial score (nSPS) is 12.5. The second kappa shape index (κ2) is 10.5. The van der Waals surface area contributed by atoms with Crippen LogP contribution >= 0.6 is 11.8 Å². The van der Waals surface area contributed by atoms with E-state index in [-0.39, 0.29) is 0 Å². The summed E-state index contributed by atoms with van der Waals surface area (Å²) in [5.41, 5.74) is 13.4. The molecule has 242 valence electrons. The van der Waals surface area contributed by atoms with Crippen molar-refractivity contribution in [3.63, 3.8) is 0 Å². The Morgan fingerprint density at radius 2 is 0.923 bits per heavy atom. The Morgan fingerprint density at radius 1 is 0.327 bits per heavy atom. The largest absolute Gasteiger partial charge is 0.309 e. The zero-order chi connectivity index (χ0) is 33.9. The van der Waals surface area contributed by atoms with Gasteiger partial charge in [-0.15, -0.1) is 0 Å². The fraction of sp³-hybridized carbons (Fsp3) is 0. The second-order valence-electron chi connectivity index (χ2n) is 13.7. The van der Waals surface area contributed by atoms with Gasteiger partial charge in [-0.05, 0) is 83.9 Å². The summed E-state index contributed by atoms with van der Waals surface area (Å²) >= 11 is 1.89. The molecule has 4 heteroatoms. The van der Waals surface area contributed by atoms with Crippen LogP contribution in [0.1, 0.15) is 0 Å². The molecular formula is C48H29N3S. The summed E-state index contributed by atoms with van der Waals surface area (Å²) in [5, 5.41) is 7.68. The first-order valence-electron chi connectivity index (χ1n) is 17.8. The first-order valence-corrected chi connectivity index (χ1v) is 18.6. The Kier molecular flexibility index (Phi) is 5.71. The minimum atomic E-state index is 1.16. The Bertz CT molecular complexity index is 3250. The summed E-state index contributed by atoms with van der Waals surface area (Å²) in [6.07, 6.45) is 0. The van der Waals surface area contributed by atoms with E-state index in [1.807, 2.05) is 11.8 Å². The van der Waals surface area contributed by atoms with Crippen LogP contribution in [0.2, 0.25) is 0 Å². The van der Waals surface area contributed by atoms with Crippen LogP contribution in [-0.4, -0.2) is 13.7 Å². The average Bonchev–Trinajstić information content (AvgIpc) is 3.84. The van der Waals surface area contributed by atoms with Gasteiger partial charge in [0, 0.05) is 53.5 Å². The molecule has 3 nitrogen and oxygen atoms in total. The van der Waals surface area contributed by atoms with Gasteiger partial charge in [0.1, 0.15) is 0 Å². The molecule has 1 aliphatic heterocycles. The average molecular weight is 680 g/mol. The predicted octanol–water partition coefficient (Wildman–Crippen LogP) is 13.1. The van der Waals surface area contributed by atoms with E-state index < -0.39 is 0 Å². The quantitative estimate of drug-likeness (QED) is 0.181. The summed E-state index contributed by atoms with van der Waals surface area (Å²) in [6.45, 7) is 0. The zero-order valence-corrected chi connectivity index (χ0v) is 28.8. The molecular weight excluding hydrogens is 651 g/mol. The lowest BCUT2D eigenvalue weighted by Crippen LogP contribution is -2.01. The second-order valence-corrected chi connectivity index (χ2v) is 14.8. The molecule has 0 saturated heterocycles. The van der Waals surface area contributed by atoms with Crippen molar-refractivity contribution in [3.8, 4) is 28.2 Å². The third kappa shape index (κ3) is 3.77. The van der Waals surface area contributed by atoms with E-state index in [1.165, 1.54) is 92.0 Å². The molecule has 0 N–H and O–H groups in total. The van der Waals surface area contributed by atoms with Crippen LogP contribution in [0.25, 0.3) is 93.6 Å². The van der Waals surface area contributed by atoms with E-state index in [1.54, 1.807) is 0 Å². The molecule has 12 rings (SSSR count). The first-order chi connectivity index (χ1) is 25.8. The standard InChI is InChI=1S/C48H29N3S/c1-3-13-30(14-4-1)31-23-25-40-36(27-31)37-28-33(24-26-41(37)49(40)32-15-5-2-6-16-32)50-38-19-9-7-17-34(38)46-43(50)29-45-48-47(46)35-18-8-10-20-39(35)51(48)42-21-11-12-22-44(42)52-45/h1-29H. The van der Waals surface area contributed by atoms with E-state index in [0.29, 0.717) is 0 Å². The Morgan fingerprint density at radius 3 is 1.73 bits per heavy atom. The van der Waals surface area contributed by atoms with Crippen molar-refractivity contribution in [2.24, 2.45) is 0 Å². The minimum Gasteiger partial charge on any atom is -0.309 e. The Labute approximate surface area is 303 Å². The third-order valence-corrected chi connectivity index (χ3v) is 12.1. The summed E-state index contributed by atoms with van der Waals surface area (Å²) < 4.78 is 7.40. The van der Waals surface area contributed by atoms with Gasteiger partial charge in [-0.1, -0.05) is 115 Å². The lowest BCUT2D eigenvalue weighted by Gasteiger charge is -2.20. The van der Waals surface area contributed by atoms with Crippen LogP contribution in [0.4, 0.5) is 0 Å². The number of aromatic nitrogens is 3. The molecule has 0 spiro atoms. The molecule has 0 fully saturated rings. The lowest BCUT2D eigenvalue weighted by atomic mass is 10.0. The molecule has 3 aromatic heterocycles. The van der Waals surface area contributed by atoms with Crippen LogP contribution in [0.3, 0.4) is 0 Å². The predicted molar refractivity (Wildman–Crippen MR) is 219 cm³/mol. The van der Waals surface area contributed by atoms with Crippen molar-refractivity contribution < 1.29 is 0 Å². The van der Waals surface area contributed by atoms with Crippen molar-refractivity contribution in [1.29, 1.82) is 0 Å². The lowest BCUT2D eigenvalue weighted by molar-refractivity contribution is 1.09. The number of fused-ring (bicyclic) bond motifs is 12. The van der Waals surface area contributed by atoms with Gasteiger partial charge >= 0.3 is 0 Å². The highest BCUT2D eigenvalue weighted by Gasteiger charge is 2.27. The molecule has 8 aromatic carbocycles. The third-order valence-electron chi connectivity index (χ3n) is 11.0. The number of hydrogen-bond donors (Lipinski definition) is 0. The zero-order valence-electron chi connectivity index (χ0n) is 28.0. The number of benzene rings is 8. The van der Waals surface area contributed by atoms with Gasteiger partial charge in [0.25, 0.3) is 0 Å². The van der Waals surface area contributed by atoms with Crippen LogP contribution in [0, 0.1) is 0 Å². The molecule has 52 heavy (non-hydrogen) atoms. The van der Waals surface area contributed by atoms with Crippen LogP contribution in [0.5, 0.6) is 0 Å². The maximum absolute atomic E-state index is 2.50. The summed E-state index contributed by atoms with van der Waals surface area (Å²) in [4.78, 5) is 2.57. The highest BCUT2D eigenvalue weighted by atomic mass is 32.2. The number of rotatable bonds is 3. The van der Waals surface area contributed by atoms with Crippen molar-refractivity contribution in [2.45, 2.75) is 9.79 Å². The molecule has 0 atom stereocenters. The van der Waals surface area contributed by atoms with Crippen LogP contribution in [0.15, 0.2) is 186 Å². The summed E-state index contributed by atoms with van der Waals surface area (Å²) in [5.74, 6) is 0.